The van der Waals surface area contributed by atoms with Crippen LogP contribution in [-0.2, 0) is 0 Å². The Morgan fingerprint density at radius 3 is 2.53 bits per heavy atom. The molecule has 1 saturated carbocycles. The summed E-state index contributed by atoms with van der Waals surface area (Å²) < 4.78 is 0. The molecule has 0 spiro atoms. The van der Waals surface area contributed by atoms with E-state index in [4.69, 9.17) is 0 Å². The number of nitrogens with one attached hydrogen (secondary N) is 2. The predicted molar refractivity (Wildman–Crippen MR) is 78.9 cm³/mol. The van der Waals surface area contributed by atoms with Gasteiger partial charge in [-0.05, 0) is 37.9 Å². The monoisotopic (exact) mass is 257 g/mol. The van der Waals surface area contributed by atoms with Gasteiger partial charge in [0.1, 0.15) is 0 Å². The van der Waals surface area contributed by atoms with Gasteiger partial charge in [0.2, 0.25) is 0 Å². The Labute approximate surface area is 110 Å². The molecular weight excluding hydrogens is 230 g/mol. The molecule has 0 aliphatic heterocycles. The molecule has 1 atom stereocenters. The summed E-state index contributed by atoms with van der Waals surface area (Å²) in [6.07, 6.45) is 7.39. The molecule has 1 aliphatic carbocycles. The van der Waals surface area contributed by atoms with Gasteiger partial charge in [-0.2, -0.15) is 11.8 Å². The first-order valence-corrected chi connectivity index (χ1v) is 7.94. The summed E-state index contributed by atoms with van der Waals surface area (Å²) in [6.45, 7) is 5.56. The number of thioether (sulfide) groups is 1. The molecular formula is C13H27N3S. The smallest absolute Gasteiger partial charge is 0.191 e. The zero-order chi connectivity index (χ0) is 12.7. The number of rotatable bonds is 4. The van der Waals surface area contributed by atoms with Crippen LogP contribution in [0.3, 0.4) is 0 Å². The maximum absolute atomic E-state index is 4.29. The van der Waals surface area contributed by atoms with Crippen molar-refractivity contribution in [3.63, 3.8) is 0 Å². The standard InChI is InChI=1S/C13H27N3S/c1-10-5-7-12(8-6-10)16-13(14-3)15-9-11(2)17-4/h10-12H,5-9H2,1-4H3,(H2,14,15,16). The molecule has 4 heteroatoms. The summed E-state index contributed by atoms with van der Waals surface area (Å²) in [6, 6.07) is 0.613. The Morgan fingerprint density at radius 1 is 1.35 bits per heavy atom. The third-order valence-corrected chi connectivity index (χ3v) is 4.51. The molecule has 0 radical (unpaired) electrons. The minimum Gasteiger partial charge on any atom is -0.355 e. The van der Waals surface area contributed by atoms with E-state index in [1.54, 1.807) is 0 Å². The highest BCUT2D eigenvalue weighted by molar-refractivity contribution is 7.99. The first kappa shape index (κ1) is 14.7. The van der Waals surface area contributed by atoms with E-state index in [1.165, 1.54) is 25.7 Å². The average Bonchev–Trinajstić information content (AvgIpc) is 2.36. The van der Waals surface area contributed by atoms with Crippen molar-refractivity contribution in [1.82, 2.24) is 10.6 Å². The van der Waals surface area contributed by atoms with Gasteiger partial charge < -0.3 is 10.6 Å². The molecule has 100 valence electrons. The van der Waals surface area contributed by atoms with Gasteiger partial charge in [0, 0.05) is 24.9 Å². The molecule has 1 fully saturated rings. The van der Waals surface area contributed by atoms with Gasteiger partial charge in [0.05, 0.1) is 0 Å². The predicted octanol–water partition coefficient (Wildman–Crippen LogP) is 2.48. The molecule has 1 rings (SSSR count). The SMILES string of the molecule is CN=C(NCC(C)SC)NC1CCC(C)CC1. The summed E-state index contributed by atoms with van der Waals surface area (Å²) in [7, 11) is 1.85. The molecule has 0 aromatic rings. The van der Waals surface area contributed by atoms with E-state index >= 15 is 0 Å². The van der Waals surface area contributed by atoms with Gasteiger partial charge in [-0.15, -0.1) is 0 Å². The summed E-state index contributed by atoms with van der Waals surface area (Å²) in [5.41, 5.74) is 0. The van der Waals surface area contributed by atoms with Crippen LogP contribution in [0.5, 0.6) is 0 Å². The Bertz CT molecular complexity index is 235. The number of hydrogen-bond acceptors (Lipinski definition) is 2. The van der Waals surface area contributed by atoms with Crippen LogP contribution in [0.15, 0.2) is 4.99 Å². The fourth-order valence-electron chi connectivity index (χ4n) is 2.12. The van der Waals surface area contributed by atoms with Gasteiger partial charge >= 0.3 is 0 Å². The van der Waals surface area contributed by atoms with Gasteiger partial charge in [-0.25, -0.2) is 0 Å². The second-order valence-corrected chi connectivity index (χ2v) is 6.38. The Kier molecular flexibility index (Phi) is 6.78. The quantitative estimate of drug-likeness (QED) is 0.600. The zero-order valence-corrected chi connectivity index (χ0v) is 12.4. The Hall–Kier alpha value is -0.380. The molecule has 0 amide bonds. The molecule has 1 aliphatic rings. The van der Waals surface area contributed by atoms with E-state index in [0.29, 0.717) is 11.3 Å². The van der Waals surface area contributed by atoms with E-state index < -0.39 is 0 Å². The molecule has 0 aromatic carbocycles. The first-order valence-electron chi connectivity index (χ1n) is 6.65. The van der Waals surface area contributed by atoms with Crippen molar-refractivity contribution in [1.29, 1.82) is 0 Å². The third-order valence-electron chi connectivity index (χ3n) is 3.54. The lowest BCUT2D eigenvalue weighted by molar-refractivity contribution is 0.329. The minimum absolute atomic E-state index is 0.613. The average molecular weight is 257 g/mol. The Morgan fingerprint density at radius 2 is 2.00 bits per heavy atom. The molecule has 17 heavy (non-hydrogen) atoms. The second kappa shape index (κ2) is 7.85. The van der Waals surface area contributed by atoms with Crippen LogP contribution in [0.25, 0.3) is 0 Å². The summed E-state index contributed by atoms with van der Waals surface area (Å²) >= 11 is 1.88. The lowest BCUT2D eigenvalue weighted by Crippen LogP contribution is -2.46. The fourth-order valence-corrected chi connectivity index (χ4v) is 2.37. The molecule has 0 bridgehead atoms. The van der Waals surface area contributed by atoms with Crippen LogP contribution in [0.4, 0.5) is 0 Å². The van der Waals surface area contributed by atoms with Gasteiger partial charge in [0.15, 0.2) is 5.96 Å². The molecule has 1 unspecified atom stereocenters. The van der Waals surface area contributed by atoms with Crippen molar-refractivity contribution in [2.75, 3.05) is 19.8 Å². The summed E-state index contributed by atoms with van der Waals surface area (Å²) in [5, 5.41) is 7.56. The van der Waals surface area contributed by atoms with Crippen molar-refractivity contribution >= 4 is 17.7 Å². The summed E-state index contributed by atoms with van der Waals surface area (Å²) in [4.78, 5) is 4.29. The summed E-state index contributed by atoms with van der Waals surface area (Å²) in [5.74, 6) is 1.87. The van der Waals surface area contributed by atoms with Crippen LogP contribution < -0.4 is 10.6 Å². The highest BCUT2D eigenvalue weighted by atomic mass is 32.2. The van der Waals surface area contributed by atoms with Crippen LogP contribution >= 0.6 is 11.8 Å². The number of hydrogen-bond donors (Lipinski definition) is 2. The van der Waals surface area contributed by atoms with Crippen LogP contribution in [0.2, 0.25) is 0 Å². The normalized spacial score (nSPS) is 27.6. The van der Waals surface area contributed by atoms with Crippen LogP contribution in [0.1, 0.15) is 39.5 Å². The van der Waals surface area contributed by atoms with E-state index in [9.17, 15) is 0 Å². The van der Waals surface area contributed by atoms with Crippen LogP contribution in [-0.4, -0.2) is 37.1 Å². The van der Waals surface area contributed by atoms with Gasteiger partial charge in [0.25, 0.3) is 0 Å². The van der Waals surface area contributed by atoms with Gasteiger partial charge in [-0.3, -0.25) is 4.99 Å². The molecule has 0 heterocycles. The van der Waals surface area contributed by atoms with Gasteiger partial charge in [-0.1, -0.05) is 13.8 Å². The molecule has 3 nitrogen and oxygen atoms in total. The number of guanidine groups is 1. The fraction of sp³-hybridized carbons (Fsp3) is 0.923. The molecule has 0 aromatic heterocycles. The van der Waals surface area contributed by atoms with E-state index in [2.05, 4.69) is 35.7 Å². The Balaban J connectivity index is 2.27. The van der Waals surface area contributed by atoms with Crippen molar-refractivity contribution in [3.8, 4) is 0 Å². The minimum atomic E-state index is 0.613. The van der Waals surface area contributed by atoms with Crippen molar-refractivity contribution < 1.29 is 0 Å². The van der Waals surface area contributed by atoms with E-state index in [1.807, 2.05) is 18.8 Å². The zero-order valence-electron chi connectivity index (χ0n) is 11.6. The second-order valence-electron chi connectivity index (χ2n) is 5.10. The topological polar surface area (TPSA) is 36.4 Å². The molecule has 2 N–H and O–H groups in total. The largest absolute Gasteiger partial charge is 0.355 e. The highest BCUT2D eigenvalue weighted by Gasteiger charge is 2.18. The lowest BCUT2D eigenvalue weighted by atomic mass is 9.87. The van der Waals surface area contributed by atoms with Crippen molar-refractivity contribution in [2.24, 2.45) is 10.9 Å². The number of nitrogens with zero attached hydrogens (tertiary/aromatic N) is 1. The number of aliphatic imine (C=N–C) groups is 1. The molecule has 0 saturated heterocycles. The third kappa shape index (κ3) is 5.66. The van der Waals surface area contributed by atoms with E-state index in [-0.39, 0.29) is 0 Å². The highest BCUT2D eigenvalue weighted by Crippen LogP contribution is 2.23. The van der Waals surface area contributed by atoms with Crippen LogP contribution in [0, 0.1) is 5.92 Å². The van der Waals surface area contributed by atoms with Crippen molar-refractivity contribution in [2.45, 2.75) is 50.8 Å². The maximum Gasteiger partial charge on any atom is 0.191 e. The van der Waals surface area contributed by atoms with Crippen molar-refractivity contribution in [3.05, 3.63) is 0 Å². The first-order chi connectivity index (χ1) is 8.15. The van der Waals surface area contributed by atoms with E-state index in [0.717, 1.165) is 18.4 Å². The maximum atomic E-state index is 4.29. The lowest BCUT2D eigenvalue weighted by Gasteiger charge is -2.28.